The molecule has 0 N–H and O–H groups in total. The van der Waals surface area contributed by atoms with Crippen molar-refractivity contribution in [2.45, 2.75) is 6.92 Å². The smallest absolute Gasteiger partial charge is 0.0830 e. The molecule has 0 spiro atoms. The van der Waals surface area contributed by atoms with Crippen molar-refractivity contribution >= 4 is 5.70 Å². The average molecular weight is 284 g/mol. The number of aromatic nitrogens is 2. The van der Waals surface area contributed by atoms with Crippen LogP contribution in [-0.4, -0.2) is 9.78 Å². The molecule has 106 valence electrons. The molecule has 1 aromatic heterocycles. The molecule has 0 fully saturated rings. The fraction of sp³-hybridized carbons (Fsp3) is 0.0500. The van der Waals surface area contributed by atoms with Crippen molar-refractivity contribution in [3.05, 3.63) is 95.8 Å². The predicted molar refractivity (Wildman–Crippen MR) is 90.0 cm³/mol. The van der Waals surface area contributed by atoms with E-state index >= 15 is 0 Å². The first kappa shape index (κ1) is 13.9. The van der Waals surface area contributed by atoms with E-state index in [-0.39, 0.29) is 0 Å². The maximum Gasteiger partial charge on any atom is 0.0830 e. The number of hydrogen-bond acceptors (Lipinski definition) is 1. The van der Waals surface area contributed by atoms with Crippen LogP contribution in [0, 0.1) is 11.8 Å². The van der Waals surface area contributed by atoms with Crippen LogP contribution in [0.25, 0.3) is 5.70 Å². The first-order valence-electron chi connectivity index (χ1n) is 7.18. The molecule has 0 unspecified atom stereocenters. The molecule has 0 atom stereocenters. The van der Waals surface area contributed by atoms with Gasteiger partial charge in [-0.3, -0.25) is 0 Å². The number of allylic oxidation sites excluding steroid dienone is 1. The molecule has 0 aliphatic rings. The molecule has 0 amide bonds. The number of nitrogens with zero attached hydrogens (tertiary/aromatic N) is 2. The second-order valence-electron chi connectivity index (χ2n) is 4.91. The maximum absolute atomic E-state index is 4.36. The van der Waals surface area contributed by atoms with E-state index in [0.29, 0.717) is 0 Å². The van der Waals surface area contributed by atoms with E-state index in [4.69, 9.17) is 0 Å². The lowest BCUT2D eigenvalue weighted by molar-refractivity contribution is 0.899. The van der Waals surface area contributed by atoms with E-state index in [1.54, 1.807) is 6.20 Å². The summed E-state index contributed by atoms with van der Waals surface area (Å²) in [6, 6.07) is 22.1. The lowest BCUT2D eigenvalue weighted by Gasteiger charge is -2.09. The minimum atomic E-state index is 0.985. The lowest BCUT2D eigenvalue weighted by atomic mass is 10.1. The van der Waals surface area contributed by atoms with Gasteiger partial charge in [0.2, 0.25) is 0 Å². The third kappa shape index (κ3) is 3.16. The summed E-state index contributed by atoms with van der Waals surface area (Å²) in [5, 5.41) is 4.36. The zero-order valence-corrected chi connectivity index (χ0v) is 12.4. The highest BCUT2D eigenvalue weighted by Gasteiger charge is 2.07. The van der Waals surface area contributed by atoms with Crippen LogP contribution in [0.3, 0.4) is 0 Å². The summed E-state index contributed by atoms with van der Waals surface area (Å²) in [4.78, 5) is 0. The van der Waals surface area contributed by atoms with Crippen molar-refractivity contribution < 1.29 is 0 Å². The van der Waals surface area contributed by atoms with E-state index in [2.05, 4.69) is 29.1 Å². The normalized spacial score (nSPS) is 11.3. The van der Waals surface area contributed by atoms with E-state index in [1.165, 1.54) is 0 Å². The largest absolute Gasteiger partial charge is 0.239 e. The van der Waals surface area contributed by atoms with Gasteiger partial charge < -0.3 is 0 Å². The molecule has 0 saturated heterocycles. The molecular weight excluding hydrogens is 268 g/mol. The Hall–Kier alpha value is -3.05. The van der Waals surface area contributed by atoms with Gasteiger partial charge in [-0.1, -0.05) is 60.4 Å². The van der Waals surface area contributed by atoms with Gasteiger partial charge >= 0.3 is 0 Å². The Morgan fingerprint density at radius 3 is 2.23 bits per heavy atom. The zero-order chi connectivity index (χ0) is 15.2. The van der Waals surface area contributed by atoms with Crippen molar-refractivity contribution in [1.82, 2.24) is 9.78 Å². The second kappa shape index (κ2) is 6.60. The Morgan fingerprint density at radius 1 is 0.909 bits per heavy atom. The SMILES string of the molecule is C/C(C#Cc1ccccc1)=C(/c1ccccc1)n1cccn1. The van der Waals surface area contributed by atoms with Crippen LogP contribution < -0.4 is 0 Å². The third-order valence-electron chi connectivity index (χ3n) is 3.30. The van der Waals surface area contributed by atoms with Crippen LogP contribution in [0.5, 0.6) is 0 Å². The quantitative estimate of drug-likeness (QED) is 0.644. The Balaban J connectivity index is 2.07. The van der Waals surface area contributed by atoms with Gasteiger partial charge in [0.05, 0.1) is 5.70 Å². The molecule has 1 heterocycles. The molecule has 3 aromatic rings. The van der Waals surface area contributed by atoms with Crippen molar-refractivity contribution in [1.29, 1.82) is 0 Å². The van der Waals surface area contributed by atoms with E-state index in [1.807, 2.05) is 72.4 Å². The first-order chi connectivity index (χ1) is 10.8. The summed E-state index contributed by atoms with van der Waals surface area (Å²) < 4.78 is 1.87. The molecule has 0 bridgehead atoms. The van der Waals surface area contributed by atoms with Crippen LogP contribution in [0.2, 0.25) is 0 Å². The average Bonchev–Trinajstić information content (AvgIpc) is 3.09. The van der Waals surface area contributed by atoms with Gasteiger partial charge in [0.1, 0.15) is 0 Å². The summed E-state index contributed by atoms with van der Waals surface area (Å²) in [7, 11) is 0. The van der Waals surface area contributed by atoms with Crippen molar-refractivity contribution in [2.24, 2.45) is 0 Å². The Bertz CT molecular complexity index is 818. The van der Waals surface area contributed by atoms with Gasteiger partial charge in [0, 0.05) is 29.1 Å². The maximum atomic E-state index is 4.36. The molecule has 0 aliphatic heterocycles. The summed E-state index contributed by atoms with van der Waals surface area (Å²) in [6.45, 7) is 2.03. The Kier molecular flexibility index (Phi) is 4.17. The van der Waals surface area contributed by atoms with Crippen LogP contribution in [-0.2, 0) is 0 Å². The summed E-state index contributed by atoms with van der Waals surface area (Å²) in [5.41, 5.74) is 4.11. The number of hydrogen-bond donors (Lipinski definition) is 0. The van der Waals surface area contributed by atoms with Crippen LogP contribution >= 0.6 is 0 Å². The molecule has 2 heteroatoms. The molecule has 0 radical (unpaired) electrons. The lowest BCUT2D eigenvalue weighted by Crippen LogP contribution is -2.01. The Morgan fingerprint density at radius 2 is 1.59 bits per heavy atom. The standard InChI is InChI=1S/C20H16N2/c1-17(13-14-18-9-4-2-5-10-18)20(22-16-8-15-21-22)19-11-6-3-7-12-19/h2-12,15-16H,1H3/b20-17+. The van der Waals surface area contributed by atoms with Gasteiger partial charge in [-0.25, -0.2) is 4.68 Å². The van der Waals surface area contributed by atoms with Crippen molar-refractivity contribution in [3.63, 3.8) is 0 Å². The number of benzene rings is 2. The minimum absolute atomic E-state index is 0.985. The Labute approximate surface area is 130 Å². The number of rotatable bonds is 2. The predicted octanol–water partition coefficient (Wildman–Crippen LogP) is 4.21. The van der Waals surface area contributed by atoms with Crippen LogP contribution in [0.15, 0.2) is 84.7 Å². The highest BCUT2D eigenvalue weighted by Crippen LogP contribution is 2.19. The van der Waals surface area contributed by atoms with E-state index in [0.717, 1.165) is 22.4 Å². The van der Waals surface area contributed by atoms with Gasteiger partial charge in [-0.15, -0.1) is 0 Å². The third-order valence-corrected chi connectivity index (χ3v) is 3.30. The zero-order valence-electron chi connectivity index (χ0n) is 12.4. The van der Waals surface area contributed by atoms with Crippen molar-refractivity contribution in [2.75, 3.05) is 0 Å². The highest BCUT2D eigenvalue weighted by molar-refractivity contribution is 5.71. The second-order valence-corrected chi connectivity index (χ2v) is 4.91. The molecule has 22 heavy (non-hydrogen) atoms. The van der Waals surface area contributed by atoms with Crippen LogP contribution in [0.1, 0.15) is 18.1 Å². The fourth-order valence-electron chi connectivity index (χ4n) is 2.26. The molecular formula is C20H16N2. The van der Waals surface area contributed by atoms with E-state index < -0.39 is 0 Å². The summed E-state index contributed by atoms with van der Waals surface area (Å²) in [6.07, 6.45) is 3.72. The minimum Gasteiger partial charge on any atom is -0.239 e. The first-order valence-corrected chi connectivity index (χ1v) is 7.18. The topological polar surface area (TPSA) is 17.8 Å². The fourth-order valence-corrected chi connectivity index (χ4v) is 2.26. The van der Waals surface area contributed by atoms with Gasteiger partial charge in [-0.2, -0.15) is 5.10 Å². The van der Waals surface area contributed by atoms with Gasteiger partial charge in [0.25, 0.3) is 0 Å². The monoisotopic (exact) mass is 284 g/mol. The molecule has 3 rings (SSSR count). The molecule has 0 saturated carbocycles. The highest BCUT2D eigenvalue weighted by atomic mass is 15.3. The van der Waals surface area contributed by atoms with E-state index in [9.17, 15) is 0 Å². The molecule has 2 aromatic carbocycles. The summed E-state index contributed by atoms with van der Waals surface area (Å²) >= 11 is 0. The molecule has 0 aliphatic carbocycles. The van der Waals surface area contributed by atoms with Crippen molar-refractivity contribution in [3.8, 4) is 11.8 Å². The molecule has 2 nitrogen and oxygen atoms in total. The van der Waals surface area contributed by atoms with Gasteiger partial charge in [0.15, 0.2) is 0 Å². The van der Waals surface area contributed by atoms with Gasteiger partial charge in [-0.05, 0) is 25.1 Å². The summed E-state index contributed by atoms with van der Waals surface area (Å²) in [5.74, 6) is 6.46. The van der Waals surface area contributed by atoms with Crippen LogP contribution in [0.4, 0.5) is 0 Å².